The molecule has 27 heavy (non-hydrogen) atoms. The number of amides is 1. The Bertz CT molecular complexity index is 768. The highest BCUT2D eigenvalue weighted by molar-refractivity contribution is 9.10. The Morgan fingerprint density at radius 1 is 1.26 bits per heavy atom. The lowest BCUT2D eigenvalue weighted by Gasteiger charge is -2.43. The number of benzene rings is 1. The molecule has 4 nitrogen and oxygen atoms in total. The van der Waals surface area contributed by atoms with Crippen LogP contribution in [0, 0.1) is 12.8 Å². The first-order chi connectivity index (χ1) is 12.9. The minimum Gasteiger partial charge on any atom is -0.444 e. The van der Waals surface area contributed by atoms with E-state index in [4.69, 9.17) is 9.15 Å². The molecule has 1 aliphatic rings. The summed E-state index contributed by atoms with van der Waals surface area (Å²) in [5.74, 6) is 0.635. The van der Waals surface area contributed by atoms with Gasteiger partial charge in [-0.2, -0.15) is 0 Å². The van der Waals surface area contributed by atoms with Gasteiger partial charge in [-0.25, -0.2) is 0 Å². The second-order valence-electron chi connectivity index (χ2n) is 7.86. The van der Waals surface area contributed by atoms with Gasteiger partial charge in [0.1, 0.15) is 0 Å². The molecule has 2 atom stereocenters. The van der Waals surface area contributed by atoms with E-state index in [0.717, 1.165) is 25.9 Å². The maximum absolute atomic E-state index is 12.3. The topological polar surface area (TPSA) is 51.5 Å². The van der Waals surface area contributed by atoms with Crippen molar-refractivity contribution in [2.75, 3.05) is 13.2 Å². The number of halogens is 1. The van der Waals surface area contributed by atoms with E-state index in [1.807, 2.05) is 0 Å². The third-order valence-corrected chi connectivity index (χ3v) is 6.02. The molecule has 1 fully saturated rings. The van der Waals surface area contributed by atoms with Crippen molar-refractivity contribution < 1.29 is 13.9 Å². The van der Waals surface area contributed by atoms with Gasteiger partial charge in [0.05, 0.1) is 6.10 Å². The Labute approximate surface area is 169 Å². The summed E-state index contributed by atoms with van der Waals surface area (Å²) < 4.78 is 11.9. The van der Waals surface area contributed by atoms with Crippen LogP contribution in [0.2, 0.25) is 0 Å². The van der Waals surface area contributed by atoms with Crippen molar-refractivity contribution in [1.82, 2.24) is 5.32 Å². The maximum atomic E-state index is 12.3. The molecule has 0 unspecified atom stereocenters. The monoisotopic (exact) mass is 433 g/mol. The van der Waals surface area contributed by atoms with Crippen LogP contribution in [0.5, 0.6) is 0 Å². The summed E-state index contributed by atoms with van der Waals surface area (Å²) in [7, 11) is 0. The summed E-state index contributed by atoms with van der Waals surface area (Å²) in [6.45, 7) is 7.91. The quantitative estimate of drug-likeness (QED) is 0.676. The molecule has 0 aliphatic carbocycles. The Balaban J connectivity index is 1.74. The fourth-order valence-electron chi connectivity index (χ4n) is 3.86. The Kier molecular flexibility index (Phi) is 6.43. The lowest BCUT2D eigenvalue weighted by Crippen LogP contribution is -2.43. The zero-order valence-corrected chi connectivity index (χ0v) is 17.8. The number of carbonyl (C=O) groups is 1. The highest BCUT2D eigenvalue weighted by Crippen LogP contribution is 2.41. The van der Waals surface area contributed by atoms with Crippen LogP contribution >= 0.6 is 15.9 Å². The van der Waals surface area contributed by atoms with Crippen molar-refractivity contribution in [3.8, 4) is 0 Å². The molecule has 5 heteroatoms. The normalized spacial score (nSPS) is 22.8. The first kappa shape index (κ1) is 20.2. The van der Waals surface area contributed by atoms with Crippen LogP contribution < -0.4 is 5.32 Å². The van der Waals surface area contributed by atoms with Crippen LogP contribution in [0.1, 0.15) is 54.8 Å². The predicted octanol–water partition coefficient (Wildman–Crippen LogP) is 5.24. The summed E-state index contributed by atoms with van der Waals surface area (Å²) >= 11 is 3.24. The SMILES string of the molecule is Cc1ccc([C@]2(CCNC(=O)c3ccc(Br)o3)CCO[C@H](C(C)C)C2)cc1. The minimum absolute atomic E-state index is 0.0257. The van der Waals surface area contributed by atoms with Crippen LogP contribution in [0.25, 0.3) is 0 Å². The van der Waals surface area contributed by atoms with Gasteiger partial charge in [-0.1, -0.05) is 43.7 Å². The van der Waals surface area contributed by atoms with Gasteiger partial charge in [-0.3, -0.25) is 4.79 Å². The average Bonchev–Trinajstić information content (AvgIpc) is 3.09. The van der Waals surface area contributed by atoms with Gasteiger partial charge in [-0.15, -0.1) is 0 Å². The van der Waals surface area contributed by atoms with E-state index >= 15 is 0 Å². The third-order valence-electron chi connectivity index (χ3n) is 5.60. The second-order valence-corrected chi connectivity index (χ2v) is 8.64. The van der Waals surface area contributed by atoms with Gasteiger partial charge in [0.2, 0.25) is 0 Å². The first-order valence-corrected chi connectivity index (χ1v) is 10.4. The van der Waals surface area contributed by atoms with E-state index in [2.05, 4.69) is 66.3 Å². The van der Waals surface area contributed by atoms with Crippen molar-refractivity contribution in [1.29, 1.82) is 0 Å². The summed E-state index contributed by atoms with van der Waals surface area (Å²) in [4.78, 5) is 12.3. The summed E-state index contributed by atoms with van der Waals surface area (Å²) in [6.07, 6.45) is 3.09. The summed E-state index contributed by atoms with van der Waals surface area (Å²) in [5, 5.41) is 3.02. The molecule has 1 aliphatic heterocycles. The third kappa shape index (κ3) is 4.82. The molecule has 0 bridgehead atoms. The minimum atomic E-state index is -0.174. The van der Waals surface area contributed by atoms with E-state index in [-0.39, 0.29) is 17.4 Å². The standard InChI is InChI=1S/C22H28BrNO3/c1-15(2)19-14-22(11-13-26-19,17-6-4-16(3)5-7-17)10-12-24-21(25)18-8-9-20(23)27-18/h4-9,15,19H,10-14H2,1-3H3,(H,24,25)/t19-,22+/m0/s1. The predicted molar refractivity (Wildman–Crippen MR) is 110 cm³/mol. The molecular formula is C22H28BrNO3. The van der Waals surface area contributed by atoms with Crippen molar-refractivity contribution in [3.05, 3.63) is 58.0 Å². The molecule has 2 heterocycles. The number of carbonyl (C=O) groups excluding carboxylic acids is 1. The number of rotatable bonds is 6. The zero-order chi connectivity index (χ0) is 19.4. The van der Waals surface area contributed by atoms with Crippen molar-refractivity contribution in [2.45, 2.75) is 51.6 Å². The highest BCUT2D eigenvalue weighted by atomic mass is 79.9. The van der Waals surface area contributed by atoms with Gasteiger partial charge < -0.3 is 14.5 Å². The molecule has 0 saturated carbocycles. The molecule has 1 amide bonds. The zero-order valence-electron chi connectivity index (χ0n) is 16.3. The number of furan rings is 1. The molecule has 1 saturated heterocycles. The van der Waals surface area contributed by atoms with Crippen molar-refractivity contribution in [2.24, 2.45) is 5.92 Å². The maximum Gasteiger partial charge on any atom is 0.287 e. The molecule has 1 N–H and O–H groups in total. The molecule has 2 aromatic rings. The van der Waals surface area contributed by atoms with Gasteiger partial charge in [0.25, 0.3) is 5.91 Å². The highest BCUT2D eigenvalue weighted by Gasteiger charge is 2.39. The molecule has 3 rings (SSSR count). The van der Waals surface area contributed by atoms with E-state index in [0.29, 0.717) is 22.9 Å². The largest absolute Gasteiger partial charge is 0.444 e. The lowest BCUT2D eigenvalue weighted by atomic mass is 9.68. The summed E-state index contributed by atoms with van der Waals surface area (Å²) in [5.41, 5.74) is 2.63. The number of nitrogens with one attached hydrogen (secondary N) is 1. The Hall–Kier alpha value is -1.59. The van der Waals surface area contributed by atoms with Crippen LogP contribution in [-0.2, 0) is 10.2 Å². The fraction of sp³-hybridized carbons (Fsp3) is 0.500. The molecule has 0 spiro atoms. The Morgan fingerprint density at radius 2 is 2.00 bits per heavy atom. The molecule has 1 aromatic heterocycles. The van der Waals surface area contributed by atoms with Gasteiger partial charge in [-0.05, 0) is 65.7 Å². The van der Waals surface area contributed by atoms with E-state index in [1.165, 1.54) is 11.1 Å². The summed E-state index contributed by atoms with van der Waals surface area (Å²) in [6, 6.07) is 12.2. The van der Waals surface area contributed by atoms with Crippen LogP contribution in [0.4, 0.5) is 0 Å². The van der Waals surface area contributed by atoms with Crippen molar-refractivity contribution >= 4 is 21.8 Å². The van der Waals surface area contributed by atoms with Crippen LogP contribution in [0.3, 0.4) is 0 Å². The Morgan fingerprint density at radius 3 is 2.63 bits per heavy atom. The fourth-order valence-corrected chi connectivity index (χ4v) is 4.17. The van der Waals surface area contributed by atoms with Crippen molar-refractivity contribution in [3.63, 3.8) is 0 Å². The second kappa shape index (κ2) is 8.61. The van der Waals surface area contributed by atoms with E-state index < -0.39 is 0 Å². The molecule has 1 aromatic carbocycles. The van der Waals surface area contributed by atoms with Gasteiger partial charge in [0.15, 0.2) is 10.4 Å². The molecular weight excluding hydrogens is 406 g/mol. The van der Waals surface area contributed by atoms with Crippen LogP contribution in [0.15, 0.2) is 45.5 Å². The smallest absolute Gasteiger partial charge is 0.287 e. The number of aryl methyl sites for hydroxylation is 1. The van der Waals surface area contributed by atoms with E-state index in [1.54, 1.807) is 12.1 Å². The molecule has 0 radical (unpaired) electrons. The lowest BCUT2D eigenvalue weighted by molar-refractivity contribution is -0.0468. The first-order valence-electron chi connectivity index (χ1n) is 9.62. The van der Waals surface area contributed by atoms with Crippen LogP contribution in [-0.4, -0.2) is 25.2 Å². The number of hydrogen-bond donors (Lipinski definition) is 1. The van der Waals surface area contributed by atoms with Gasteiger partial charge >= 0.3 is 0 Å². The van der Waals surface area contributed by atoms with E-state index in [9.17, 15) is 4.79 Å². The number of hydrogen-bond acceptors (Lipinski definition) is 3. The molecule has 146 valence electrons. The van der Waals surface area contributed by atoms with Gasteiger partial charge in [0, 0.05) is 18.6 Å². The number of ether oxygens (including phenoxy) is 1. The average molecular weight is 434 g/mol.